The number of oxazole rings is 1. The molecule has 2 amide bonds. The standard InChI is InChI=1S/C16H21N3O2S/c1-11-5-2-3-6-13(11)19-16(20)17-9-12-10-21-15(18-12)14-7-4-8-22-14/h4,7-8,10-11,13H,2-3,5-6,9H2,1H3,(H2,17,19,20)/t11-,13-/m0/s1. The fourth-order valence-electron chi connectivity index (χ4n) is 2.82. The molecule has 0 spiro atoms. The molecule has 0 radical (unpaired) electrons. The van der Waals surface area contributed by atoms with Crippen LogP contribution in [0.2, 0.25) is 0 Å². The Hall–Kier alpha value is -1.82. The van der Waals surface area contributed by atoms with Gasteiger partial charge < -0.3 is 15.1 Å². The van der Waals surface area contributed by atoms with Crippen LogP contribution in [0.3, 0.4) is 0 Å². The van der Waals surface area contributed by atoms with Crippen LogP contribution in [0.25, 0.3) is 10.8 Å². The molecule has 0 aromatic carbocycles. The number of urea groups is 1. The maximum atomic E-state index is 12.0. The van der Waals surface area contributed by atoms with Crippen molar-refractivity contribution in [1.82, 2.24) is 15.6 Å². The zero-order valence-electron chi connectivity index (χ0n) is 12.7. The number of rotatable bonds is 4. The Morgan fingerprint density at radius 2 is 2.32 bits per heavy atom. The van der Waals surface area contributed by atoms with Crippen LogP contribution in [-0.4, -0.2) is 17.1 Å². The van der Waals surface area contributed by atoms with Gasteiger partial charge in [0.1, 0.15) is 6.26 Å². The van der Waals surface area contributed by atoms with E-state index in [9.17, 15) is 4.79 Å². The van der Waals surface area contributed by atoms with Crippen LogP contribution in [0.4, 0.5) is 4.79 Å². The lowest BCUT2D eigenvalue weighted by Gasteiger charge is -2.29. The van der Waals surface area contributed by atoms with Gasteiger partial charge in [-0.1, -0.05) is 25.8 Å². The number of hydrogen-bond acceptors (Lipinski definition) is 4. The number of carbonyl (C=O) groups is 1. The fraction of sp³-hybridized carbons (Fsp3) is 0.500. The first-order valence-corrected chi connectivity index (χ1v) is 8.63. The van der Waals surface area contributed by atoms with Crippen LogP contribution in [0, 0.1) is 5.92 Å². The summed E-state index contributed by atoms with van der Waals surface area (Å²) in [5.41, 5.74) is 0.732. The third-order valence-electron chi connectivity index (χ3n) is 4.14. The summed E-state index contributed by atoms with van der Waals surface area (Å²) in [4.78, 5) is 17.4. The third-order valence-corrected chi connectivity index (χ3v) is 5.00. The van der Waals surface area contributed by atoms with E-state index in [4.69, 9.17) is 4.42 Å². The molecule has 2 N–H and O–H groups in total. The van der Waals surface area contributed by atoms with Gasteiger partial charge >= 0.3 is 6.03 Å². The molecule has 0 bridgehead atoms. The van der Waals surface area contributed by atoms with Crippen LogP contribution in [-0.2, 0) is 6.54 Å². The summed E-state index contributed by atoms with van der Waals surface area (Å²) < 4.78 is 5.44. The van der Waals surface area contributed by atoms with Gasteiger partial charge in [-0.25, -0.2) is 9.78 Å². The summed E-state index contributed by atoms with van der Waals surface area (Å²) >= 11 is 1.58. The number of nitrogens with zero attached hydrogens (tertiary/aromatic N) is 1. The van der Waals surface area contributed by atoms with Gasteiger partial charge in [0.25, 0.3) is 0 Å². The molecule has 2 aromatic heterocycles. The van der Waals surface area contributed by atoms with E-state index < -0.39 is 0 Å². The lowest BCUT2D eigenvalue weighted by atomic mass is 9.86. The van der Waals surface area contributed by atoms with E-state index in [2.05, 4.69) is 22.5 Å². The van der Waals surface area contributed by atoms with Gasteiger partial charge in [0.15, 0.2) is 0 Å². The van der Waals surface area contributed by atoms with Crippen molar-refractivity contribution in [3.05, 3.63) is 29.5 Å². The predicted octanol–water partition coefficient (Wildman–Crippen LogP) is 3.78. The van der Waals surface area contributed by atoms with Crippen LogP contribution in [0.15, 0.2) is 28.2 Å². The van der Waals surface area contributed by atoms with E-state index in [0.717, 1.165) is 17.0 Å². The van der Waals surface area contributed by atoms with Crippen LogP contribution >= 0.6 is 11.3 Å². The van der Waals surface area contributed by atoms with E-state index in [0.29, 0.717) is 18.4 Å². The van der Waals surface area contributed by atoms with Gasteiger partial charge in [-0.15, -0.1) is 11.3 Å². The molecule has 1 aliphatic carbocycles. The maximum Gasteiger partial charge on any atom is 0.315 e. The van der Waals surface area contributed by atoms with Crippen molar-refractivity contribution >= 4 is 17.4 Å². The number of amides is 2. The van der Waals surface area contributed by atoms with Crippen molar-refractivity contribution in [3.63, 3.8) is 0 Å². The van der Waals surface area contributed by atoms with Crippen LogP contribution in [0.1, 0.15) is 38.3 Å². The lowest BCUT2D eigenvalue weighted by molar-refractivity contribution is 0.221. The smallest absolute Gasteiger partial charge is 0.315 e. The zero-order valence-corrected chi connectivity index (χ0v) is 13.5. The minimum Gasteiger partial charge on any atom is -0.443 e. The molecule has 2 heterocycles. The minimum absolute atomic E-state index is 0.126. The number of thiophene rings is 1. The van der Waals surface area contributed by atoms with E-state index in [1.807, 2.05) is 17.5 Å². The van der Waals surface area contributed by atoms with Crippen molar-refractivity contribution in [2.24, 2.45) is 5.92 Å². The normalized spacial score (nSPS) is 21.5. The summed E-state index contributed by atoms with van der Waals surface area (Å²) in [6.45, 7) is 2.58. The summed E-state index contributed by atoms with van der Waals surface area (Å²) in [6.07, 6.45) is 6.33. The van der Waals surface area contributed by atoms with Gasteiger partial charge in [-0.05, 0) is 30.2 Å². The molecule has 5 nitrogen and oxygen atoms in total. The monoisotopic (exact) mass is 319 g/mol. The fourth-order valence-corrected chi connectivity index (χ4v) is 3.48. The molecule has 3 rings (SSSR count). The highest BCUT2D eigenvalue weighted by molar-refractivity contribution is 7.13. The molecule has 1 fully saturated rings. The van der Waals surface area contributed by atoms with Crippen molar-refractivity contribution in [1.29, 1.82) is 0 Å². The molecule has 6 heteroatoms. The predicted molar refractivity (Wildman–Crippen MR) is 86.6 cm³/mol. The van der Waals surface area contributed by atoms with E-state index in [1.54, 1.807) is 17.6 Å². The highest BCUT2D eigenvalue weighted by Gasteiger charge is 2.22. The molecule has 2 atom stereocenters. The van der Waals surface area contributed by atoms with E-state index in [1.165, 1.54) is 19.3 Å². The minimum atomic E-state index is -0.126. The topological polar surface area (TPSA) is 67.2 Å². The average Bonchev–Trinajstić information content (AvgIpc) is 3.18. The van der Waals surface area contributed by atoms with E-state index in [-0.39, 0.29) is 12.1 Å². The van der Waals surface area contributed by atoms with Crippen molar-refractivity contribution in [2.75, 3.05) is 0 Å². The summed E-state index contributed by atoms with van der Waals surface area (Å²) in [5, 5.41) is 7.91. The Kier molecular flexibility index (Phi) is 4.77. The van der Waals surface area contributed by atoms with Gasteiger partial charge in [-0.3, -0.25) is 0 Å². The third kappa shape index (κ3) is 3.68. The molecule has 1 aliphatic rings. The number of carbonyl (C=O) groups excluding carboxylic acids is 1. The first-order chi connectivity index (χ1) is 10.7. The molecule has 0 unspecified atom stereocenters. The van der Waals surface area contributed by atoms with Gasteiger partial charge in [0, 0.05) is 6.04 Å². The summed E-state index contributed by atoms with van der Waals surface area (Å²) in [5.74, 6) is 1.16. The van der Waals surface area contributed by atoms with Gasteiger partial charge in [0.05, 0.1) is 17.1 Å². The van der Waals surface area contributed by atoms with Crippen LogP contribution in [0.5, 0.6) is 0 Å². The zero-order chi connectivity index (χ0) is 15.4. The second-order valence-electron chi connectivity index (χ2n) is 5.82. The quantitative estimate of drug-likeness (QED) is 0.901. The first-order valence-electron chi connectivity index (χ1n) is 7.75. The maximum absolute atomic E-state index is 12.0. The Morgan fingerprint density at radius 3 is 3.09 bits per heavy atom. The second-order valence-corrected chi connectivity index (χ2v) is 6.76. The highest BCUT2D eigenvalue weighted by atomic mass is 32.1. The first kappa shape index (κ1) is 15.1. The molecule has 0 aliphatic heterocycles. The number of nitrogens with one attached hydrogen (secondary N) is 2. The van der Waals surface area contributed by atoms with Gasteiger partial charge in [-0.2, -0.15) is 0 Å². The van der Waals surface area contributed by atoms with Crippen molar-refractivity contribution < 1.29 is 9.21 Å². The molecular formula is C16H21N3O2S. The highest BCUT2D eigenvalue weighted by Crippen LogP contribution is 2.24. The summed E-state index contributed by atoms with van der Waals surface area (Å²) in [6, 6.07) is 4.08. The van der Waals surface area contributed by atoms with Gasteiger partial charge in [0.2, 0.25) is 5.89 Å². The molecule has 1 saturated carbocycles. The Bertz CT molecular complexity index is 609. The molecule has 2 aromatic rings. The average molecular weight is 319 g/mol. The van der Waals surface area contributed by atoms with Crippen molar-refractivity contribution in [2.45, 2.75) is 45.2 Å². The Labute approximate surface area is 134 Å². The molecule has 0 saturated heterocycles. The summed E-state index contributed by atoms with van der Waals surface area (Å²) in [7, 11) is 0. The molecule has 22 heavy (non-hydrogen) atoms. The molecular weight excluding hydrogens is 298 g/mol. The second kappa shape index (κ2) is 6.96. The van der Waals surface area contributed by atoms with Crippen LogP contribution < -0.4 is 10.6 Å². The number of hydrogen-bond donors (Lipinski definition) is 2. The number of aromatic nitrogens is 1. The lowest BCUT2D eigenvalue weighted by Crippen LogP contribution is -2.45. The SMILES string of the molecule is C[C@H]1CCCC[C@@H]1NC(=O)NCc1coc(-c2cccs2)n1. The van der Waals surface area contributed by atoms with E-state index >= 15 is 0 Å². The molecule has 118 valence electrons. The largest absolute Gasteiger partial charge is 0.443 e. The Morgan fingerprint density at radius 1 is 1.45 bits per heavy atom. The Balaban J connectivity index is 1.49. The van der Waals surface area contributed by atoms with Crippen molar-refractivity contribution in [3.8, 4) is 10.8 Å².